The van der Waals surface area contributed by atoms with Crippen molar-refractivity contribution in [2.75, 3.05) is 6.61 Å². The van der Waals surface area contributed by atoms with E-state index in [-0.39, 0.29) is 12.4 Å². The average molecular weight is 251 g/mol. The highest BCUT2D eigenvalue weighted by Gasteiger charge is 2.31. The standard InChI is InChI=1S/C15H22FNO/c1-15(11-18,13-9-5-6-10-14(13)16)17-12-7-3-2-4-8-12/h5-6,9-10,12,17-18H,2-4,7-8,11H2,1H3. The first kappa shape index (κ1) is 13.5. The van der Waals surface area contributed by atoms with Crippen molar-refractivity contribution in [3.63, 3.8) is 0 Å². The average Bonchev–Trinajstić information content (AvgIpc) is 2.40. The quantitative estimate of drug-likeness (QED) is 0.862. The predicted octanol–water partition coefficient (Wildman–Crippen LogP) is 2.96. The van der Waals surface area contributed by atoms with Crippen LogP contribution in [0.4, 0.5) is 4.39 Å². The number of rotatable bonds is 4. The van der Waals surface area contributed by atoms with E-state index < -0.39 is 5.54 Å². The molecule has 0 spiro atoms. The van der Waals surface area contributed by atoms with Crippen LogP contribution in [0.1, 0.15) is 44.6 Å². The molecule has 1 aliphatic carbocycles. The van der Waals surface area contributed by atoms with E-state index in [1.165, 1.54) is 25.3 Å². The zero-order chi connectivity index (χ0) is 13.0. The van der Waals surface area contributed by atoms with Crippen molar-refractivity contribution in [3.05, 3.63) is 35.6 Å². The Labute approximate surface area is 108 Å². The molecule has 2 rings (SSSR count). The molecule has 1 atom stereocenters. The van der Waals surface area contributed by atoms with Gasteiger partial charge in [0.05, 0.1) is 12.1 Å². The first-order valence-corrected chi connectivity index (χ1v) is 6.79. The summed E-state index contributed by atoms with van der Waals surface area (Å²) in [4.78, 5) is 0. The molecule has 1 aromatic rings. The summed E-state index contributed by atoms with van der Waals surface area (Å²) in [6.07, 6.45) is 5.95. The van der Waals surface area contributed by atoms with Gasteiger partial charge in [-0.05, 0) is 25.8 Å². The Hall–Kier alpha value is -0.930. The van der Waals surface area contributed by atoms with Crippen LogP contribution in [0, 0.1) is 5.82 Å². The molecule has 100 valence electrons. The van der Waals surface area contributed by atoms with Crippen LogP contribution >= 0.6 is 0 Å². The van der Waals surface area contributed by atoms with E-state index >= 15 is 0 Å². The zero-order valence-electron chi connectivity index (χ0n) is 11.0. The van der Waals surface area contributed by atoms with Crippen molar-refractivity contribution in [1.82, 2.24) is 5.32 Å². The molecule has 0 aliphatic heterocycles. The summed E-state index contributed by atoms with van der Waals surface area (Å²) < 4.78 is 13.9. The second kappa shape index (κ2) is 5.81. The summed E-state index contributed by atoms with van der Waals surface area (Å²) in [5.41, 5.74) is -0.133. The Morgan fingerprint density at radius 3 is 2.56 bits per heavy atom. The molecule has 18 heavy (non-hydrogen) atoms. The van der Waals surface area contributed by atoms with Gasteiger partial charge in [0.2, 0.25) is 0 Å². The van der Waals surface area contributed by atoms with Gasteiger partial charge in [0.1, 0.15) is 5.82 Å². The van der Waals surface area contributed by atoms with Gasteiger partial charge < -0.3 is 10.4 Å². The summed E-state index contributed by atoms with van der Waals surface area (Å²) in [5.74, 6) is -0.252. The smallest absolute Gasteiger partial charge is 0.128 e. The largest absolute Gasteiger partial charge is 0.394 e. The molecule has 3 heteroatoms. The van der Waals surface area contributed by atoms with E-state index in [1.54, 1.807) is 12.1 Å². The summed E-state index contributed by atoms with van der Waals surface area (Å²) >= 11 is 0. The SMILES string of the molecule is CC(CO)(NC1CCCCC1)c1ccccc1F. The topological polar surface area (TPSA) is 32.3 Å². The molecule has 0 heterocycles. The van der Waals surface area contributed by atoms with Crippen LogP contribution < -0.4 is 5.32 Å². The van der Waals surface area contributed by atoms with Crippen molar-refractivity contribution >= 4 is 0 Å². The Morgan fingerprint density at radius 1 is 1.28 bits per heavy atom. The van der Waals surface area contributed by atoms with Gasteiger partial charge in [-0.2, -0.15) is 0 Å². The lowest BCUT2D eigenvalue weighted by molar-refractivity contribution is 0.147. The molecule has 0 radical (unpaired) electrons. The maximum atomic E-state index is 13.9. The van der Waals surface area contributed by atoms with Gasteiger partial charge in [0.25, 0.3) is 0 Å². The maximum Gasteiger partial charge on any atom is 0.128 e. The third-order valence-corrected chi connectivity index (χ3v) is 3.91. The fraction of sp³-hybridized carbons (Fsp3) is 0.600. The fourth-order valence-corrected chi connectivity index (χ4v) is 2.81. The lowest BCUT2D eigenvalue weighted by atomic mass is 9.88. The zero-order valence-corrected chi connectivity index (χ0v) is 11.0. The van der Waals surface area contributed by atoms with Crippen molar-refractivity contribution in [3.8, 4) is 0 Å². The van der Waals surface area contributed by atoms with Crippen LogP contribution in [0.3, 0.4) is 0 Å². The molecule has 1 unspecified atom stereocenters. The number of aliphatic hydroxyl groups excluding tert-OH is 1. The van der Waals surface area contributed by atoms with Crippen molar-refractivity contribution < 1.29 is 9.50 Å². The monoisotopic (exact) mass is 251 g/mol. The highest BCUT2D eigenvalue weighted by Crippen LogP contribution is 2.27. The van der Waals surface area contributed by atoms with Gasteiger partial charge in [0, 0.05) is 11.6 Å². The van der Waals surface area contributed by atoms with Crippen molar-refractivity contribution in [2.24, 2.45) is 0 Å². The third kappa shape index (κ3) is 2.90. The van der Waals surface area contributed by atoms with E-state index in [0.29, 0.717) is 11.6 Å². The van der Waals surface area contributed by atoms with Crippen molar-refractivity contribution in [1.29, 1.82) is 0 Å². The van der Waals surface area contributed by atoms with E-state index in [0.717, 1.165) is 12.8 Å². The second-order valence-corrected chi connectivity index (χ2v) is 5.45. The minimum Gasteiger partial charge on any atom is -0.394 e. The number of hydrogen-bond acceptors (Lipinski definition) is 2. The summed E-state index contributed by atoms with van der Waals surface area (Å²) in [6.45, 7) is 1.78. The van der Waals surface area contributed by atoms with E-state index in [2.05, 4.69) is 5.32 Å². The Bertz CT molecular complexity index is 390. The van der Waals surface area contributed by atoms with Gasteiger partial charge in [0.15, 0.2) is 0 Å². The fourth-order valence-electron chi connectivity index (χ4n) is 2.81. The number of nitrogens with one attached hydrogen (secondary N) is 1. The van der Waals surface area contributed by atoms with Gasteiger partial charge >= 0.3 is 0 Å². The third-order valence-electron chi connectivity index (χ3n) is 3.91. The van der Waals surface area contributed by atoms with Gasteiger partial charge in [-0.1, -0.05) is 37.5 Å². The van der Waals surface area contributed by atoms with E-state index in [4.69, 9.17) is 0 Å². The molecular weight excluding hydrogens is 229 g/mol. The number of hydrogen-bond donors (Lipinski definition) is 2. The minimum absolute atomic E-state index is 0.0928. The molecule has 1 aliphatic rings. The van der Waals surface area contributed by atoms with Crippen LogP contribution in [0.25, 0.3) is 0 Å². The molecule has 0 amide bonds. The van der Waals surface area contributed by atoms with Crippen molar-refractivity contribution in [2.45, 2.75) is 50.6 Å². The molecule has 0 bridgehead atoms. The number of aliphatic hydroxyl groups is 1. The van der Waals surface area contributed by atoms with Crippen LogP contribution in [-0.2, 0) is 5.54 Å². The maximum absolute atomic E-state index is 13.9. The Balaban J connectivity index is 2.16. The molecule has 1 aromatic carbocycles. The highest BCUT2D eigenvalue weighted by molar-refractivity contribution is 5.26. The number of benzene rings is 1. The first-order chi connectivity index (χ1) is 8.65. The van der Waals surface area contributed by atoms with Crippen LogP contribution in [0.2, 0.25) is 0 Å². The number of halogens is 1. The van der Waals surface area contributed by atoms with Gasteiger partial charge in [-0.3, -0.25) is 0 Å². The predicted molar refractivity (Wildman–Crippen MR) is 70.8 cm³/mol. The molecule has 2 N–H and O–H groups in total. The lowest BCUT2D eigenvalue weighted by Crippen LogP contribution is -2.49. The van der Waals surface area contributed by atoms with Crippen LogP contribution in [0.5, 0.6) is 0 Å². The normalized spacial score (nSPS) is 20.6. The van der Waals surface area contributed by atoms with E-state index in [9.17, 15) is 9.50 Å². The molecular formula is C15H22FNO. The summed E-state index contributed by atoms with van der Waals surface area (Å²) in [5, 5.41) is 13.1. The molecule has 2 nitrogen and oxygen atoms in total. The van der Waals surface area contributed by atoms with Crippen LogP contribution in [0.15, 0.2) is 24.3 Å². The minimum atomic E-state index is -0.687. The Kier molecular flexibility index (Phi) is 4.36. The van der Waals surface area contributed by atoms with Crippen LogP contribution in [-0.4, -0.2) is 17.8 Å². The van der Waals surface area contributed by atoms with Gasteiger partial charge in [-0.25, -0.2) is 4.39 Å². The lowest BCUT2D eigenvalue weighted by Gasteiger charge is -2.36. The molecule has 0 aromatic heterocycles. The first-order valence-electron chi connectivity index (χ1n) is 6.79. The Morgan fingerprint density at radius 2 is 1.94 bits per heavy atom. The summed E-state index contributed by atoms with van der Waals surface area (Å²) in [6, 6.07) is 7.08. The van der Waals surface area contributed by atoms with E-state index in [1.807, 2.05) is 13.0 Å². The highest BCUT2D eigenvalue weighted by atomic mass is 19.1. The molecule has 1 saturated carbocycles. The molecule has 1 fully saturated rings. The van der Waals surface area contributed by atoms with Gasteiger partial charge in [-0.15, -0.1) is 0 Å². The molecule has 0 saturated heterocycles. The second-order valence-electron chi connectivity index (χ2n) is 5.45. The summed E-state index contributed by atoms with van der Waals surface area (Å²) in [7, 11) is 0.